The van der Waals surface area contributed by atoms with Gasteiger partial charge in [-0.1, -0.05) is 11.8 Å². The number of carboxylic acids is 1. The molecular weight excluding hydrogens is 238 g/mol. The van der Waals surface area contributed by atoms with Crippen molar-refractivity contribution in [2.45, 2.75) is 11.3 Å². The highest BCUT2D eigenvalue weighted by atomic mass is 32.2. The Bertz CT molecular complexity index is 500. The number of carboxylic acid groups (broad SMARTS) is 1. The Hall–Kier alpha value is -0.590. The number of thiophene rings is 1. The molecule has 3 nitrogen and oxygen atoms in total. The number of nitrogens with zero attached hydrogens (tertiary/aromatic N) is 1. The van der Waals surface area contributed by atoms with E-state index in [1.807, 2.05) is 13.2 Å². The molecule has 2 aromatic rings. The van der Waals surface area contributed by atoms with Crippen molar-refractivity contribution in [1.29, 1.82) is 0 Å². The van der Waals surface area contributed by atoms with Crippen LogP contribution in [0.4, 0.5) is 0 Å². The van der Waals surface area contributed by atoms with Gasteiger partial charge in [0.1, 0.15) is 9.71 Å². The molecule has 0 aliphatic heterocycles. The molecule has 0 radical (unpaired) electrons. The predicted octanol–water partition coefficient (Wildman–Crippen LogP) is 3.09. The van der Waals surface area contributed by atoms with Crippen molar-refractivity contribution < 1.29 is 9.90 Å². The second-order valence-corrected chi connectivity index (χ2v) is 5.73. The Morgan fingerprint density at radius 3 is 2.71 bits per heavy atom. The Labute approximate surface area is 92.8 Å². The van der Waals surface area contributed by atoms with E-state index in [1.165, 1.54) is 11.3 Å². The van der Waals surface area contributed by atoms with Gasteiger partial charge in [-0.15, -0.1) is 22.7 Å². The molecule has 1 N–H and O–H groups in total. The van der Waals surface area contributed by atoms with E-state index in [-0.39, 0.29) is 0 Å². The first-order valence-corrected chi connectivity index (χ1v) is 6.66. The third kappa shape index (κ3) is 1.43. The summed E-state index contributed by atoms with van der Waals surface area (Å²) in [6.07, 6.45) is 1.97. The maximum atomic E-state index is 10.8. The summed E-state index contributed by atoms with van der Waals surface area (Å²) in [6, 6.07) is 0. The van der Waals surface area contributed by atoms with E-state index in [0.717, 1.165) is 19.4 Å². The van der Waals surface area contributed by atoms with Gasteiger partial charge in [0.05, 0.1) is 4.70 Å². The number of hydrogen-bond acceptors (Lipinski definition) is 5. The van der Waals surface area contributed by atoms with Crippen LogP contribution in [0, 0.1) is 6.92 Å². The van der Waals surface area contributed by atoms with Gasteiger partial charge in [0.15, 0.2) is 4.34 Å². The van der Waals surface area contributed by atoms with Crippen LogP contribution in [-0.2, 0) is 0 Å². The molecule has 2 aromatic heterocycles. The lowest BCUT2D eigenvalue weighted by atomic mass is 10.3. The first-order valence-electron chi connectivity index (χ1n) is 3.80. The number of rotatable bonds is 2. The van der Waals surface area contributed by atoms with Crippen LogP contribution in [0.1, 0.15) is 15.2 Å². The number of aryl methyl sites for hydroxylation is 1. The van der Waals surface area contributed by atoms with E-state index in [2.05, 4.69) is 4.98 Å². The Kier molecular flexibility index (Phi) is 2.50. The van der Waals surface area contributed by atoms with Crippen molar-refractivity contribution in [2.75, 3.05) is 6.26 Å². The number of thioether (sulfide) groups is 1. The van der Waals surface area contributed by atoms with Gasteiger partial charge in [-0.2, -0.15) is 0 Å². The zero-order chi connectivity index (χ0) is 10.3. The summed E-state index contributed by atoms with van der Waals surface area (Å²) in [5.41, 5.74) is 0.843. The summed E-state index contributed by atoms with van der Waals surface area (Å²) in [5.74, 6) is -0.858. The second-order valence-electron chi connectivity index (χ2n) is 2.68. The summed E-state index contributed by atoms with van der Waals surface area (Å²) in [6.45, 7) is 1.84. The summed E-state index contributed by atoms with van der Waals surface area (Å²) in [7, 11) is 0. The number of fused-ring (bicyclic) bond motifs is 1. The molecule has 0 fully saturated rings. The lowest BCUT2D eigenvalue weighted by Crippen LogP contribution is -1.93. The van der Waals surface area contributed by atoms with Crippen molar-refractivity contribution in [2.24, 2.45) is 0 Å². The maximum Gasteiger partial charge on any atom is 0.346 e. The van der Waals surface area contributed by atoms with Gasteiger partial charge in [-0.05, 0) is 18.7 Å². The van der Waals surface area contributed by atoms with Crippen LogP contribution in [-0.4, -0.2) is 22.3 Å². The van der Waals surface area contributed by atoms with Crippen LogP contribution < -0.4 is 0 Å². The maximum absolute atomic E-state index is 10.8. The highest BCUT2D eigenvalue weighted by Crippen LogP contribution is 2.37. The van der Waals surface area contributed by atoms with Gasteiger partial charge in [0, 0.05) is 0 Å². The third-order valence-electron chi connectivity index (χ3n) is 1.83. The van der Waals surface area contributed by atoms with Crippen molar-refractivity contribution in [3.63, 3.8) is 0 Å². The number of carbonyl (C=O) groups is 1. The molecule has 0 unspecified atom stereocenters. The predicted molar refractivity (Wildman–Crippen MR) is 61.0 cm³/mol. The molecule has 0 saturated carbocycles. The van der Waals surface area contributed by atoms with Crippen LogP contribution in [0.3, 0.4) is 0 Å². The number of thiazole rings is 1. The van der Waals surface area contributed by atoms with Crippen LogP contribution in [0.25, 0.3) is 9.53 Å². The van der Waals surface area contributed by atoms with E-state index >= 15 is 0 Å². The summed E-state index contributed by atoms with van der Waals surface area (Å²) < 4.78 is 2.00. The highest BCUT2D eigenvalue weighted by molar-refractivity contribution is 8.00. The van der Waals surface area contributed by atoms with Gasteiger partial charge in [-0.3, -0.25) is 0 Å². The molecule has 0 atom stereocenters. The minimum atomic E-state index is -0.858. The summed E-state index contributed by atoms with van der Waals surface area (Å²) in [4.78, 5) is 16.4. The largest absolute Gasteiger partial charge is 0.477 e. The monoisotopic (exact) mass is 245 g/mol. The SMILES string of the molecule is CSc1nc2sc(C(=O)O)c(C)c2s1. The fourth-order valence-electron chi connectivity index (χ4n) is 1.16. The van der Waals surface area contributed by atoms with Gasteiger partial charge in [0.2, 0.25) is 0 Å². The van der Waals surface area contributed by atoms with Crippen molar-refractivity contribution in [3.8, 4) is 0 Å². The lowest BCUT2D eigenvalue weighted by molar-refractivity contribution is 0.0701. The van der Waals surface area contributed by atoms with Gasteiger partial charge in [-0.25, -0.2) is 9.78 Å². The van der Waals surface area contributed by atoms with E-state index < -0.39 is 5.97 Å². The minimum absolute atomic E-state index is 0.409. The molecule has 0 aliphatic rings. The Balaban J connectivity index is 2.66. The van der Waals surface area contributed by atoms with Crippen molar-refractivity contribution in [1.82, 2.24) is 4.98 Å². The lowest BCUT2D eigenvalue weighted by Gasteiger charge is -1.89. The first kappa shape index (κ1) is 9.95. The molecule has 0 spiro atoms. The van der Waals surface area contributed by atoms with Gasteiger partial charge >= 0.3 is 5.97 Å². The molecule has 0 aliphatic carbocycles. The minimum Gasteiger partial charge on any atom is -0.477 e. The van der Waals surface area contributed by atoms with E-state index in [0.29, 0.717) is 4.88 Å². The molecule has 0 saturated heterocycles. The smallest absolute Gasteiger partial charge is 0.346 e. The standard InChI is InChI=1S/C8H7NO2S3/c1-3-4-6(9-8(12-2)14-4)13-5(3)7(10)11/h1-2H3,(H,10,11). The Morgan fingerprint density at radius 1 is 1.50 bits per heavy atom. The van der Waals surface area contributed by atoms with Crippen molar-refractivity contribution in [3.05, 3.63) is 10.4 Å². The average Bonchev–Trinajstić information content (AvgIpc) is 2.65. The number of aromatic nitrogens is 1. The molecule has 2 heterocycles. The zero-order valence-corrected chi connectivity index (χ0v) is 9.98. The van der Waals surface area contributed by atoms with E-state index in [4.69, 9.17) is 5.11 Å². The van der Waals surface area contributed by atoms with Crippen LogP contribution in [0.2, 0.25) is 0 Å². The Morgan fingerprint density at radius 2 is 2.21 bits per heavy atom. The molecule has 0 bridgehead atoms. The third-order valence-corrected chi connectivity index (χ3v) is 5.29. The molecule has 6 heteroatoms. The molecule has 0 aromatic carbocycles. The zero-order valence-electron chi connectivity index (χ0n) is 7.53. The fourth-order valence-corrected chi connectivity index (χ4v) is 3.98. The quantitative estimate of drug-likeness (QED) is 0.826. The second kappa shape index (κ2) is 3.52. The topological polar surface area (TPSA) is 50.2 Å². The van der Waals surface area contributed by atoms with Crippen LogP contribution in [0.5, 0.6) is 0 Å². The van der Waals surface area contributed by atoms with Gasteiger partial charge in [0.25, 0.3) is 0 Å². The number of hydrogen-bond donors (Lipinski definition) is 1. The molecule has 0 amide bonds. The van der Waals surface area contributed by atoms with Crippen LogP contribution in [0.15, 0.2) is 4.34 Å². The molecular formula is C8H7NO2S3. The van der Waals surface area contributed by atoms with E-state index in [1.54, 1.807) is 23.1 Å². The van der Waals surface area contributed by atoms with Crippen molar-refractivity contribution >= 4 is 49.9 Å². The average molecular weight is 245 g/mol. The molecule has 2 rings (SSSR count). The van der Waals surface area contributed by atoms with Crippen LogP contribution >= 0.6 is 34.4 Å². The van der Waals surface area contributed by atoms with E-state index in [9.17, 15) is 4.79 Å². The van der Waals surface area contributed by atoms with Gasteiger partial charge < -0.3 is 5.11 Å². The first-order chi connectivity index (χ1) is 6.63. The summed E-state index contributed by atoms with van der Waals surface area (Å²) >= 11 is 4.40. The molecule has 14 heavy (non-hydrogen) atoms. The number of aromatic carboxylic acids is 1. The summed E-state index contributed by atoms with van der Waals surface area (Å²) in [5, 5.41) is 8.89. The fraction of sp³-hybridized carbons (Fsp3) is 0.250. The normalized spacial score (nSPS) is 11.0. The highest BCUT2D eigenvalue weighted by Gasteiger charge is 2.17. The molecule has 74 valence electrons.